The molecule has 86 valence electrons. The smallest absolute Gasteiger partial charge is 0.0640 e. The second kappa shape index (κ2) is 4.27. The molecule has 1 saturated heterocycles. The van der Waals surface area contributed by atoms with Gasteiger partial charge >= 0.3 is 0 Å². The predicted molar refractivity (Wildman–Crippen MR) is 68.3 cm³/mol. The number of hydrogen-bond donors (Lipinski definition) is 2. The van der Waals surface area contributed by atoms with E-state index in [4.69, 9.17) is 11.6 Å². The molecule has 1 fully saturated rings. The highest BCUT2D eigenvalue weighted by Gasteiger charge is 2.31. The Morgan fingerprint density at radius 3 is 2.81 bits per heavy atom. The van der Waals surface area contributed by atoms with Crippen molar-refractivity contribution < 1.29 is 0 Å². The molecular weight excluding hydrogens is 220 g/mol. The van der Waals surface area contributed by atoms with E-state index in [0.717, 1.165) is 30.6 Å². The van der Waals surface area contributed by atoms with Crippen molar-refractivity contribution in [1.29, 1.82) is 0 Å². The van der Waals surface area contributed by atoms with Crippen molar-refractivity contribution in [3.8, 4) is 0 Å². The highest BCUT2D eigenvalue weighted by molar-refractivity contribution is 6.33. The predicted octanol–water partition coefficient (Wildman–Crippen LogP) is 2.85. The first-order chi connectivity index (χ1) is 7.86. The van der Waals surface area contributed by atoms with Crippen LogP contribution in [0.25, 0.3) is 0 Å². The lowest BCUT2D eigenvalue weighted by molar-refractivity contribution is 0.330. The Bertz CT molecular complexity index is 386. The number of para-hydroxylation sites is 1. The lowest BCUT2D eigenvalue weighted by atomic mass is 9.82. The van der Waals surface area contributed by atoms with Crippen molar-refractivity contribution in [2.45, 2.75) is 18.8 Å². The molecule has 2 aliphatic heterocycles. The van der Waals surface area contributed by atoms with Gasteiger partial charge < -0.3 is 10.6 Å². The van der Waals surface area contributed by atoms with Crippen LogP contribution in [-0.4, -0.2) is 19.6 Å². The van der Waals surface area contributed by atoms with Gasteiger partial charge in [-0.3, -0.25) is 0 Å². The number of rotatable bonds is 1. The second-order valence-electron chi connectivity index (χ2n) is 4.78. The first-order valence-electron chi connectivity index (χ1n) is 6.09. The van der Waals surface area contributed by atoms with Crippen LogP contribution >= 0.6 is 11.6 Å². The van der Waals surface area contributed by atoms with Crippen molar-refractivity contribution in [3.63, 3.8) is 0 Å². The molecule has 1 aromatic rings. The minimum Gasteiger partial charge on any atom is -0.383 e. The molecule has 0 radical (unpaired) electrons. The Hall–Kier alpha value is -0.730. The molecule has 2 heterocycles. The second-order valence-corrected chi connectivity index (χ2v) is 5.19. The third-order valence-corrected chi connectivity index (χ3v) is 4.21. The first kappa shape index (κ1) is 10.4. The fourth-order valence-corrected chi connectivity index (χ4v) is 3.27. The quantitative estimate of drug-likeness (QED) is 0.784. The van der Waals surface area contributed by atoms with Crippen LogP contribution in [0.1, 0.15) is 24.3 Å². The molecule has 3 heteroatoms. The van der Waals surface area contributed by atoms with Crippen LogP contribution in [0.4, 0.5) is 5.69 Å². The average molecular weight is 237 g/mol. The molecule has 2 aliphatic rings. The van der Waals surface area contributed by atoms with Crippen LogP contribution in [0.5, 0.6) is 0 Å². The highest BCUT2D eigenvalue weighted by Crippen LogP contribution is 2.42. The maximum atomic E-state index is 6.20. The zero-order valence-electron chi connectivity index (χ0n) is 9.30. The van der Waals surface area contributed by atoms with E-state index in [-0.39, 0.29) is 0 Å². The zero-order valence-corrected chi connectivity index (χ0v) is 10.1. The van der Waals surface area contributed by atoms with Crippen LogP contribution in [0, 0.1) is 5.92 Å². The summed E-state index contributed by atoms with van der Waals surface area (Å²) in [5.74, 6) is 1.48. The van der Waals surface area contributed by atoms with Gasteiger partial charge in [0.1, 0.15) is 0 Å². The molecule has 1 aromatic carbocycles. The molecule has 16 heavy (non-hydrogen) atoms. The third-order valence-electron chi connectivity index (χ3n) is 3.90. The van der Waals surface area contributed by atoms with Crippen LogP contribution in [0.3, 0.4) is 0 Å². The maximum absolute atomic E-state index is 6.20. The molecule has 0 spiro atoms. The monoisotopic (exact) mass is 236 g/mol. The van der Waals surface area contributed by atoms with E-state index in [1.807, 2.05) is 6.07 Å². The van der Waals surface area contributed by atoms with Crippen molar-refractivity contribution >= 4 is 17.3 Å². The first-order valence-corrected chi connectivity index (χ1v) is 6.47. The van der Waals surface area contributed by atoms with Gasteiger partial charge in [0.25, 0.3) is 0 Å². The summed E-state index contributed by atoms with van der Waals surface area (Å²) in [6, 6.07) is 6.27. The van der Waals surface area contributed by atoms with Gasteiger partial charge in [0, 0.05) is 12.5 Å². The minimum atomic E-state index is 0.663. The summed E-state index contributed by atoms with van der Waals surface area (Å²) in [6.45, 7) is 3.39. The molecule has 0 bridgehead atoms. The van der Waals surface area contributed by atoms with E-state index in [9.17, 15) is 0 Å². The van der Waals surface area contributed by atoms with Gasteiger partial charge in [-0.2, -0.15) is 0 Å². The number of benzene rings is 1. The van der Waals surface area contributed by atoms with E-state index < -0.39 is 0 Å². The molecule has 2 nitrogen and oxygen atoms in total. The SMILES string of the molecule is Clc1cccc2c1NCC2C1CCNCC1. The van der Waals surface area contributed by atoms with E-state index in [1.165, 1.54) is 24.1 Å². The van der Waals surface area contributed by atoms with Crippen LogP contribution in [0.2, 0.25) is 5.02 Å². The lowest BCUT2D eigenvalue weighted by Gasteiger charge is -2.28. The van der Waals surface area contributed by atoms with E-state index >= 15 is 0 Å². The summed E-state index contributed by atoms with van der Waals surface area (Å²) < 4.78 is 0. The van der Waals surface area contributed by atoms with Gasteiger partial charge in [0.2, 0.25) is 0 Å². The Balaban J connectivity index is 1.87. The van der Waals surface area contributed by atoms with Crippen molar-refractivity contribution in [2.24, 2.45) is 5.92 Å². The van der Waals surface area contributed by atoms with Gasteiger partial charge in [-0.25, -0.2) is 0 Å². The number of halogens is 1. The minimum absolute atomic E-state index is 0.663. The lowest BCUT2D eigenvalue weighted by Crippen LogP contribution is -2.31. The molecule has 0 saturated carbocycles. The number of piperidine rings is 1. The van der Waals surface area contributed by atoms with E-state index in [0.29, 0.717) is 5.92 Å². The molecule has 1 atom stereocenters. The molecule has 1 unspecified atom stereocenters. The normalized spacial score (nSPS) is 25.2. The van der Waals surface area contributed by atoms with Crippen molar-refractivity contribution in [3.05, 3.63) is 28.8 Å². The molecule has 0 aromatic heterocycles. The summed E-state index contributed by atoms with van der Waals surface area (Å²) in [5.41, 5.74) is 2.60. The van der Waals surface area contributed by atoms with E-state index in [2.05, 4.69) is 22.8 Å². The summed E-state index contributed by atoms with van der Waals surface area (Å²) in [4.78, 5) is 0. The summed E-state index contributed by atoms with van der Waals surface area (Å²) in [5, 5.41) is 7.76. The third kappa shape index (κ3) is 1.70. The van der Waals surface area contributed by atoms with Gasteiger partial charge in [0.05, 0.1) is 10.7 Å². The van der Waals surface area contributed by atoms with Gasteiger partial charge in [0.15, 0.2) is 0 Å². The van der Waals surface area contributed by atoms with Crippen LogP contribution < -0.4 is 10.6 Å². The Kier molecular flexibility index (Phi) is 2.78. The largest absolute Gasteiger partial charge is 0.383 e. The standard InChI is InChI=1S/C13H17ClN2/c14-12-3-1-2-10-11(8-16-13(10)12)9-4-6-15-7-5-9/h1-3,9,11,15-16H,4-8H2. The summed E-state index contributed by atoms with van der Waals surface area (Å²) in [6.07, 6.45) is 2.58. The Morgan fingerprint density at radius 1 is 1.19 bits per heavy atom. The Labute approximate surface area is 101 Å². The Morgan fingerprint density at radius 2 is 2.00 bits per heavy atom. The molecular formula is C13H17ClN2. The maximum Gasteiger partial charge on any atom is 0.0640 e. The topological polar surface area (TPSA) is 24.1 Å². The zero-order chi connectivity index (χ0) is 11.0. The molecule has 2 N–H and O–H groups in total. The number of fused-ring (bicyclic) bond motifs is 1. The number of anilines is 1. The highest BCUT2D eigenvalue weighted by atomic mass is 35.5. The van der Waals surface area contributed by atoms with Crippen molar-refractivity contribution in [2.75, 3.05) is 25.0 Å². The summed E-state index contributed by atoms with van der Waals surface area (Å²) >= 11 is 6.20. The average Bonchev–Trinajstić information content (AvgIpc) is 2.75. The number of nitrogens with one attached hydrogen (secondary N) is 2. The van der Waals surface area contributed by atoms with Gasteiger partial charge in [-0.15, -0.1) is 0 Å². The fourth-order valence-electron chi connectivity index (χ4n) is 3.03. The fraction of sp³-hybridized carbons (Fsp3) is 0.538. The number of hydrogen-bond acceptors (Lipinski definition) is 2. The van der Waals surface area contributed by atoms with Gasteiger partial charge in [-0.05, 0) is 43.5 Å². The van der Waals surface area contributed by atoms with Crippen molar-refractivity contribution in [1.82, 2.24) is 5.32 Å². The molecule has 3 rings (SSSR count). The van der Waals surface area contributed by atoms with Crippen LogP contribution in [0.15, 0.2) is 18.2 Å². The summed E-state index contributed by atoms with van der Waals surface area (Å²) in [7, 11) is 0. The molecule has 0 aliphatic carbocycles. The van der Waals surface area contributed by atoms with E-state index in [1.54, 1.807) is 0 Å². The van der Waals surface area contributed by atoms with Gasteiger partial charge in [-0.1, -0.05) is 23.7 Å². The van der Waals surface area contributed by atoms with Crippen LogP contribution in [-0.2, 0) is 0 Å². The molecule has 0 amide bonds.